The lowest BCUT2D eigenvalue weighted by atomic mass is 10.0. The van der Waals surface area contributed by atoms with E-state index in [2.05, 4.69) is 47.6 Å². The second kappa shape index (κ2) is 6.93. The molecule has 3 aromatic rings. The Kier molecular flexibility index (Phi) is 4.73. The van der Waals surface area contributed by atoms with Crippen LogP contribution in [-0.4, -0.2) is 37.7 Å². The summed E-state index contributed by atoms with van der Waals surface area (Å²) in [6.07, 6.45) is 1.61. The van der Waals surface area contributed by atoms with Gasteiger partial charge in [-0.2, -0.15) is 0 Å². The average Bonchev–Trinajstić information content (AvgIpc) is 3.04. The molecule has 0 spiro atoms. The Hall–Kier alpha value is -2.18. The lowest BCUT2D eigenvalue weighted by Gasteiger charge is -2.24. The molecule has 0 bridgehead atoms. The fraction of sp³-hybridized carbons (Fsp3) is 0.294. The van der Waals surface area contributed by atoms with Crippen LogP contribution in [-0.2, 0) is 0 Å². The van der Waals surface area contributed by atoms with E-state index >= 15 is 0 Å². The van der Waals surface area contributed by atoms with Gasteiger partial charge in [0.15, 0.2) is 0 Å². The number of likely N-dealkylation sites (N-methyl/N-ethyl adjacent to an activating group) is 1. The molecular formula is C17H21N4OS+. The number of ether oxygens (including phenoxy) is 1. The number of rotatable bonds is 6. The molecule has 1 aromatic carbocycles. The third-order valence-corrected chi connectivity index (χ3v) is 4.77. The number of benzene rings is 1. The van der Waals surface area contributed by atoms with Crippen LogP contribution in [0.4, 0.5) is 5.82 Å². The van der Waals surface area contributed by atoms with E-state index in [9.17, 15) is 0 Å². The number of thiophene rings is 1. The van der Waals surface area contributed by atoms with Crippen LogP contribution >= 0.6 is 11.3 Å². The van der Waals surface area contributed by atoms with Crippen molar-refractivity contribution < 1.29 is 9.64 Å². The van der Waals surface area contributed by atoms with Gasteiger partial charge in [0.25, 0.3) is 0 Å². The first-order chi connectivity index (χ1) is 11.2. The molecule has 3 rings (SSSR count). The molecule has 2 aromatic heterocycles. The third kappa shape index (κ3) is 3.28. The molecule has 0 unspecified atom stereocenters. The summed E-state index contributed by atoms with van der Waals surface area (Å²) in [7, 11) is 6.02. The van der Waals surface area contributed by atoms with Gasteiger partial charge in [-0.05, 0) is 23.6 Å². The lowest BCUT2D eigenvalue weighted by Crippen LogP contribution is -3.06. The van der Waals surface area contributed by atoms with Crippen molar-refractivity contribution in [3.8, 4) is 5.75 Å². The van der Waals surface area contributed by atoms with Crippen molar-refractivity contribution in [2.75, 3.05) is 33.1 Å². The van der Waals surface area contributed by atoms with E-state index in [-0.39, 0.29) is 6.04 Å². The first-order valence-electron chi connectivity index (χ1n) is 7.55. The Morgan fingerprint density at radius 1 is 1.22 bits per heavy atom. The zero-order valence-corrected chi connectivity index (χ0v) is 14.4. The van der Waals surface area contributed by atoms with Gasteiger partial charge in [0, 0.05) is 0 Å². The van der Waals surface area contributed by atoms with Gasteiger partial charge in [-0.25, -0.2) is 9.97 Å². The Morgan fingerprint density at radius 2 is 2.04 bits per heavy atom. The summed E-state index contributed by atoms with van der Waals surface area (Å²) in [6, 6.07) is 10.5. The molecule has 1 atom stereocenters. The summed E-state index contributed by atoms with van der Waals surface area (Å²) in [6.45, 7) is 0.769. The second-order valence-corrected chi connectivity index (χ2v) is 6.51. The van der Waals surface area contributed by atoms with Crippen LogP contribution in [0.25, 0.3) is 10.2 Å². The maximum Gasteiger partial charge on any atom is 0.138 e. The van der Waals surface area contributed by atoms with E-state index in [1.54, 1.807) is 24.8 Å². The van der Waals surface area contributed by atoms with Crippen LogP contribution in [0, 0.1) is 0 Å². The van der Waals surface area contributed by atoms with Gasteiger partial charge >= 0.3 is 0 Å². The van der Waals surface area contributed by atoms with Gasteiger partial charge in [-0.3, -0.25) is 0 Å². The van der Waals surface area contributed by atoms with Crippen molar-refractivity contribution in [2.45, 2.75) is 6.04 Å². The highest BCUT2D eigenvalue weighted by molar-refractivity contribution is 7.16. The fourth-order valence-electron chi connectivity index (χ4n) is 2.71. The Labute approximate surface area is 139 Å². The van der Waals surface area contributed by atoms with Crippen molar-refractivity contribution >= 4 is 27.4 Å². The fourth-order valence-corrected chi connectivity index (χ4v) is 3.44. The quantitative estimate of drug-likeness (QED) is 0.726. The molecule has 120 valence electrons. The number of nitrogens with one attached hydrogen (secondary N) is 2. The number of aromatic nitrogens is 2. The predicted molar refractivity (Wildman–Crippen MR) is 94.5 cm³/mol. The molecule has 0 saturated heterocycles. The largest absolute Gasteiger partial charge is 0.496 e. The Balaban J connectivity index is 1.85. The predicted octanol–water partition coefficient (Wildman–Crippen LogP) is 2.00. The van der Waals surface area contributed by atoms with E-state index in [1.165, 1.54) is 10.5 Å². The molecule has 0 saturated carbocycles. The SMILES string of the molecule is COc1ccccc1[C@@H](CNc1ncnc2sccc12)[NH+](C)C. The summed E-state index contributed by atoms with van der Waals surface area (Å²) in [4.78, 5) is 11.0. The molecule has 0 aliphatic rings. The summed E-state index contributed by atoms with van der Waals surface area (Å²) in [5.41, 5.74) is 1.19. The van der Waals surface area contributed by atoms with Crippen LogP contribution in [0.3, 0.4) is 0 Å². The molecule has 0 radical (unpaired) electrons. The van der Waals surface area contributed by atoms with E-state index in [0.29, 0.717) is 0 Å². The van der Waals surface area contributed by atoms with Crippen LogP contribution in [0.15, 0.2) is 42.0 Å². The number of quaternary nitrogens is 1. The highest BCUT2D eigenvalue weighted by Gasteiger charge is 2.22. The van der Waals surface area contributed by atoms with Crippen molar-refractivity contribution in [1.82, 2.24) is 9.97 Å². The summed E-state index contributed by atoms with van der Waals surface area (Å²) in [5, 5.41) is 6.60. The van der Waals surface area contributed by atoms with Crippen molar-refractivity contribution in [2.24, 2.45) is 0 Å². The number of hydrogen-bond donors (Lipinski definition) is 2. The molecule has 23 heavy (non-hydrogen) atoms. The van der Waals surface area contributed by atoms with Gasteiger partial charge < -0.3 is 15.0 Å². The molecule has 0 fully saturated rings. The maximum atomic E-state index is 5.52. The monoisotopic (exact) mass is 329 g/mol. The number of nitrogens with zero attached hydrogens (tertiary/aromatic N) is 2. The minimum atomic E-state index is 0.259. The lowest BCUT2D eigenvalue weighted by molar-refractivity contribution is -0.890. The minimum Gasteiger partial charge on any atom is -0.496 e. The zero-order valence-electron chi connectivity index (χ0n) is 13.5. The number of para-hydroxylation sites is 1. The standard InChI is InChI=1S/C17H20N4OS/c1-21(2)14(12-6-4-5-7-15(12)22-3)10-18-16-13-8-9-23-17(13)20-11-19-16/h4-9,11,14H,10H2,1-3H3,(H,18,19,20)/p+1/t14-/m1/s1. The maximum absolute atomic E-state index is 5.52. The smallest absolute Gasteiger partial charge is 0.138 e. The van der Waals surface area contributed by atoms with Gasteiger partial charge in [0.05, 0.1) is 38.7 Å². The van der Waals surface area contributed by atoms with Crippen LogP contribution in [0.1, 0.15) is 11.6 Å². The Bertz CT molecular complexity index is 787. The molecular weight excluding hydrogens is 308 g/mol. The molecule has 6 heteroatoms. The summed E-state index contributed by atoms with van der Waals surface area (Å²) >= 11 is 1.63. The molecule has 2 N–H and O–H groups in total. The number of anilines is 1. The molecule has 5 nitrogen and oxygen atoms in total. The Morgan fingerprint density at radius 3 is 2.83 bits per heavy atom. The van der Waals surface area contributed by atoms with Crippen LogP contribution in [0.5, 0.6) is 5.75 Å². The number of fused-ring (bicyclic) bond motifs is 1. The zero-order chi connectivity index (χ0) is 16.2. The van der Waals surface area contributed by atoms with E-state index in [0.717, 1.165) is 28.3 Å². The summed E-state index contributed by atoms with van der Waals surface area (Å²) < 4.78 is 5.52. The van der Waals surface area contributed by atoms with Gasteiger partial charge in [0.1, 0.15) is 28.8 Å². The van der Waals surface area contributed by atoms with Gasteiger partial charge in [0.2, 0.25) is 0 Å². The minimum absolute atomic E-state index is 0.259. The van der Waals surface area contributed by atoms with Crippen molar-refractivity contribution in [3.63, 3.8) is 0 Å². The highest BCUT2D eigenvalue weighted by Crippen LogP contribution is 2.26. The van der Waals surface area contributed by atoms with Crippen molar-refractivity contribution in [3.05, 3.63) is 47.6 Å². The van der Waals surface area contributed by atoms with Gasteiger partial charge in [-0.15, -0.1) is 11.3 Å². The first-order valence-corrected chi connectivity index (χ1v) is 8.43. The second-order valence-electron chi connectivity index (χ2n) is 5.61. The van der Waals surface area contributed by atoms with E-state index in [4.69, 9.17) is 4.74 Å². The highest BCUT2D eigenvalue weighted by atomic mass is 32.1. The molecule has 0 aliphatic heterocycles. The summed E-state index contributed by atoms with van der Waals surface area (Å²) in [5.74, 6) is 1.81. The molecule has 0 amide bonds. The average molecular weight is 329 g/mol. The number of hydrogen-bond acceptors (Lipinski definition) is 5. The van der Waals surface area contributed by atoms with E-state index < -0.39 is 0 Å². The molecule has 2 heterocycles. The topological polar surface area (TPSA) is 51.5 Å². The first kappa shape index (κ1) is 15.7. The van der Waals surface area contributed by atoms with E-state index in [1.807, 2.05) is 17.5 Å². The van der Waals surface area contributed by atoms with Crippen LogP contribution in [0.2, 0.25) is 0 Å². The third-order valence-electron chi connectivity index (χ3n) is 3.95. The number of methoxy groups -OCH3 is 1. The van der Waals surface area contributed by atoms with Gasteiger partial charge in [-0.1, -0.05) is 12.1 Å². The normalized spacial score (nSPS) is 12.5. The molecule has 0 aliphatic carbocycles. The van der Waals surface area contributed by atoms with Crippen LogP contribution < -0.4 is 15.0 Å². The van der Waals surface area contributed by atoms with Crippen molar-refractivity contribution in [1.29, 1.82) is 0 Å².